The van der Waals surface area contributed by atoms with Crippen molar-refractivity contribution in [2.24, 2.45) is 5.10 Å². The topological polar surface area (TPSA) is 91.3 Å². The fourth-order valence-corrected chi connectivity index (χ4v) is 2.00. The van der Waals surface area contributed by atoms with E-state index in [4.69, 9.17) is 9.68 Å². The van der Waals surface area contributed by atoms with Gasteiger partial charge in [0.15, 0.2) is 0 Å². The van der Waals surface area contributed by atoms with Gasteiger partial charge in [0.25, 0.3) is 5.91 Å². The van der Waals surface area contributed by atoms with Crippen LogP contribution in [0, 0.1) is 11.3 Å². The van der Waals surface area contributed by atoms with Crippen molar-refractivity contribution < 1.29 is 9.21 Å². The Hall–Kier alpha value is -3.72. The zero-order valence-electron chi connectivity index (χ0n) is 12.5. The largest absolute Gasteiger partial charge is 0.455 e. The minimum Gasteiger partial charge on any atom is -0.455 e. The van der Waals surface area contributed by atoms with E-state index < -0.39 is 5.91 Å². The summed E-state index contributed by atoms with van der Waals surface area (Å²) >= 11 is 0. The quantitative estimate of drug-likeness (QED) is 0.591. The van der Waals surface area contributed by atoms with Crippen LogP contribution in [0.5, 0.6) is 0 Å². The van der Waals surface area contributed by atoms with Crippen molar-refractivity contribution in [3.63, 3.8) is 0 Å². The molecule has 0 unspecified atom stereocenters. The minimum absolute atomic E-state index is 0.285. The van der Waals surface area contributed by atoms with Crippen molar-refractivity contribution in [3.05, 3.63) is 77.8 Å². The number of nitrogens with zero attached hydrogens (tertiary/aromatic N) is 3. The van der Waals surface area contributed by atoms with Crippen LogP contribution in [-0.2, 0) is 0 Å². The summed E-state index contributed by atoms with van der Waals surface area (Å²) in [5, 5.41) is 12.6. The van der Waals surface area contributed by atoms with E-state index in [1.54, 1.807) is 54.6 Å². The Bertz CT molecular complexity index is 906. The molecule has 116 valence electrons. The number of hydrogen-bond donors (Lipinski definition) is 1. The number of nitrogens with one attached hydrogen (secondary N) is 1. The molecule has 3 rings (SSSR count). The van der Waals surface area contributed by atoms with E-state index in [-0.39, 0.29) is 5.69 Å². The number of pyridine rings is 1. The summed E-state index contributed by atoms with van der Waals surface area (Å²) in [6.07, 6.45) is 2.95. The fourth-order valence-electron chi connectivity index (χ4n) is 2.00. The van der Waals surface area contributed by atoms with Crippen molar-refractivity contribution in [1.29, 1.82) is 5.26 Å². The molecule has 0 aliphatic carbocycles. The second-order valence-corrected chi connectivity index (χ2v) is 4.81. The SMILES string of the molecule is N#Cc1ccc(-c2ccc(/C=N\NC(=O)c3ccccn3)o2)cc1. The number of hydrazone groups is 1. The van der Waals surface area contributed by atoms with E-state index >= 15 is 0 Å². The van der Waals surface area contributed by atoms with Crippen LogP contribution in [0.2, 0.25) is 0 Å². The Balaban J connectivity index is 1.65. The van der Waals surface area contributed by atoms with E-state index in [1.165, 1.54) is 12.4 Å². The number of hydrogen-bond acceptors (Lipinski definition) is 5. The van der Waals surface area contributed by atoms with Gasteiger partial charge in [-0.25, -0.2) is 5.43 Å². The van der Waals surface area contributed by atoms with E-state index in [0.29, 0.717) is 17.1 Å². The molecule has 1 N–H and O–H groups in total. The summed E-state index contributed by atoms with van der Waals surface area (Å²) in [5.41, 5.74) is 4.11. The van der Waals surface area contributed by atoms with Gasteiger partial charge in [-0.2, -0.15) is 10.4 Å². The highest BCUT2D eigenvalue weighted by Gasteiger charge is 2.05. The standard InChI is InChI=1S/C18H12N4O2/c19-11-13-4-6-14(7-5-13)17-9-8-15(24-17)12-21-22-18(23)16-3-1-2-10-20-16/h1-10,12H,(H,22,23)/b21-12-. The number of benzene rings is 1. The average molecular weight is 316 g/mol. The fraction of sp³-hybridized carbons (Fsp3) is 0. The monoisotopic (exact) mass is 316 g/mol. The second kappa shape index (κ2) is 7.03. The molecule has 0 atom stereocenters. The molecule has 6 nitrogen and oxygen atoms in total. The summed E-state index contributed by atoms with van der Waals surface area (Å²) in [5.74, 6) is 0.749. The van der Waals surface area contributed by atoms with Gasteiger partial charge in [-0.3, -0.25) is 9.78 Å². The molecule has 1 amide bonds. The molecule has 0 saturated heterocycles. The van der Waals surface area contributed by atoms with Gasteiger partial charge in [0.1, 0.15) is 17.2 Å². The zero-order valence-corrected chi connectivity index (χ0v) is 12.5. The lowest BCUT2D eigenvalue weighted by Crippen LogP contribution is -2.18. The molecule has 24 heavy (non-hydrogen) atoms. The number of nitriles is 1. The number of aromatic nitrogens is 1. The van der Waals surface area contributed by atoms with E-state index in [2.05, 4.69) is 21.6 Å². The lowest BCUT2D eigenvalue weighted by Gasteiger charge is -1.97. The van der Waals surface area contributed by atoms with Crippen LogP contribution < -0.4 is 5.43 Å². The van der Waals surface area contributed by atoms with Crippen LogP contribution in [0.15, 0.2) is 70.3 Å². The van der Waals surface area contributed by atoms with Crippen molar-refractivity contribution in [3.8, 4) is 17.4 Å². The molecule has 0 spiro atoms. The van der Waals surface area contributed by atoms with Crippen LogP contribution >= 0.6 is 0 Å². The highest BCUT2D eigenvalue weighted by atomic mass is 16.3. The molecule has 2 aromatic heterocycles. The van der Waals surface area contributed by atoms with Gasteiger partial charge in [-0.1, -0.05) is 6.07 Å². The molecule has 3 aromatic rings. The molecule has 0 bridgehead atoms. The highest BCUT2D eigenvalue weighted by Crippen LogP contribution is 2.21. The lowest BCUT2D eigenvalue weighted by atomic mass is 10.1. The van der Waals surface area contributed by atoms with E-state index in [9.17, 15) is 4.79 Å². The Morgan fingerprint density at radius 3 is 2.71 bits per heavy atom. The van der Waals surface area contributed by atoms with Crippen LogP contribution in [0.3, 0.4) is 0 Å². The molecule has 6 heteroatoms. The van der Waals surface area contributed by atoms with Crippen LogP contribution in [0.4, 0.5) is 0 Å². The molecule has 0 aliphatic heterocycles. The molecular formula is C18H12N4O2. The molecule has 1 aromatic carbocycles. The molecular weight excluding hydrogens is 304 g/mol. The minimum atomic E-state index is -0.397. The number of rotatable bonds is 4. The first-order chi connectivity index (χ1) is 11.8. The van der Waals surface area contributed by atoms with Crippen molar-refractivity contribution in [2.45, 2.75) is 0 Å². The van der Waals surface area contributed by atoms with Gasteiger partial charge >= 0.3 is 0 Å². The zero-order chi connectivity index (χ0) is 16.8. The maximum Gasteiger partial charge on any atom is 0.289 e. The number of furan rings is 1. The highest BCUT2D eigenvalue weighted by molar-refractivity contribution is 5.92. The molecule has 0 radical (unpaired) electrons. The maximum absolute atomic E-state index is 11.8. The lowest BCUT2D eigenvalue weighted by molar-refractivity contribution is 0.0950. The van der Waals surface area contributed by atoms with Crippen molar-refractivity contribution in [1.82, 2.24) is 10.4 Å². The molecule has 0 fully saturated rings. The molecule has 0 aliphatic rings. The van der Waals surface area contributed by atoms with E-state index in [0.717, 1.165) is 5.56 Å². The van der Waals surface area contributed by atoms with Gasteiger partial charge in [-0.05, 0) is 48.5 Å². The average Bonchev–Trinajstić information content (AvgIpc) is 3.11. The third-order valence-electron chi connectivity index (χ3n) is 3.18. The summed E-state index contributed by atoms with van der Waals surface area (Å²) < 4.78 is 5.63. The van der Waals surface area contributed by atoms with Crippen LogP contribution in [-0.4, -0.2) is 17.1 Å². The van der Waals surface area contributed by atoms with Gasteiger partial charge in [0.05, 0.1) is 17.8 Å². The smallest absolute Gasteiger partial charge is 0.289 e. The predicted octanol–water partition coefficient (Wildman–Crippen LogP) is 2.98. The maximum atomic E-state index is 11.8. The number of amides is 1. The third-order valence-corrected chi connectivity index (χ3v) is 3.18. The van der Waals surface area contributed by atoms with Crippen molar-refractivity contribution >= 4 is 12.1 Å². The van der Waals surface area contributed by atoms with Gasteiger partial charge < -0.3 is 4.42 Å². The first kappa shape index (κ1) is 15.2. The van der Waals surface area contributed by atoms with Gasteiger partial charge in [0, 0.05) is 11.8 Å². The third kappa shape index (κ3) is 3.54. The Morgan fingerprint density at radius 2 is 2.00 bits per heavy atom. The van der Waals surface area contributed by atoms with Gasteiger partial charge in [-0.15, -0.1) is 0 Å². The summed E-state index contributed by atoms with van der Waals surface area (Å²) in [6.45, 7) is 0. The summed E-state index contributed by atoms with van der Waals surface area (Å²) in [4.78, 5) is 15.7. The summed E-state index contributed by atoms with van der Waals surface area (Å²) in [7, 11) is 0. The molecule has 0 saturated carbocycles. The van der Waals surface area contributed by atoms with Crippen LogP contribution in [0.1, 0.15) is 21.8 Å². The first-order valence-electron chi connectivity index (χ1n) is 7.11. The number of carbonyl (C=O) groups excluding carboxylic acids is 1. The Labute approximate surface area is 138 Å². The van der Waals surface area contributed by atoms with Crippen LogP contribution in [0.25, 0.3) is 11.3 Å². The normalized spacial score (nSPS) is 10.5. The second-order valence-electron chi connectivity index (χ2n) is 4.81. The number of carbonyl (C=O) groups is 1. The van der Waals surface area contributed by atoms with E-state index in [1.807, 2.05) is 0 Å². The Morgan fingerprint density at radius 1 is 1.17 bits per heavy atom. The summed E-state index contributed by atoms with van der Waals surface area (Å²) in [6, 6.07) is 17.7. The Kier molecular flexibility index (Phi) is 4.45. The van der Waals surface area contributed by atoms with Gasteiger partial charge in [0.2, 0.25) is 0 Å². The first-order valence-corrected chi connectivity index (χ1v) is 7.11. The van der Waals surface area contributed by atoms with Crippen molar-refractivity contribution in [2.75, 3.05) is 0 Å². The predicted molar refractivity (Wildman–Crippen MR) is 88.2 cm³/mol. The molecule has 2 heterocycles.